The van der Waals surface area contributed by atoms with E-state index in [1.54, 1.807) is 18.2 Å². The number of hydrogen-bond acceptors (Lipinski definition) is 4. The van der Waals surface area contributed by atoms with E-state index in [0.717, 1.165) is 38.0 Å². The maximum absolute atomic E-state index is 13.1. The summed E-state index contributed by atoms with van der Waals surface area (Å²) in [5.41, 5.74) is 2.37. The Labute approximate surface area is 205 Å². The first-order valence-corrected chi connectivity index (χ1v) is 12.2. The lowest BCUT2D eigenvalue weighted by Gasteiger charge is -2.33. The van der Waals surface area contributed by atoms with Crippen LogP contribution < -0.4 is 15.5 Å². The second-order valence-corrected chi connectivity index (χ2v) is 9.11. The molecule has 1 saturated heterocycles. The van der Waals surface area contributed by atoms with Crippen LogP contribution >= 0.6 is 23.2 Å². The predicted molar refractivity (Wildman–Crippen MR) is 135 cm³/mol. The van der Waals surface area contributed by atoms with Gasteiger partial charge in [-0.25, -0.2) is 0 Å². The molecule has 0 saturated carbocycles. The summed E-state index contributed by atoms with van der Waals surface area (Å²) in [7, 11) is 0. The van der Waals surface area contributed by atoms with E-state index in [4.69, 9.17) is 27.9 Å². The number of hydrogen-bond donors (Lipinski definition) is 2. The monoisotopic (exact) mass is 491 g/mol. The molecule has 2 N–H and O–H groups in total. The molecule has 0 radical (unpaired) electrons. The molecule has 3 rings (SSSR count). The number of anilines is 2. The highest BCUT2D eigenvalue weighted by Gasteiger charge is 2.22. The number of carbonyl (C=O) groups excluding carboxylic acids is 2. The van der Waals surface area contributed by atoms with E-state index in [2.05, 4.69) is 22.5 Å². The topological polar surface area (TPSA) is 70.7 Å². The molecular weight excluding hydrogens is 461 g/mol. The molecule has 33 heavy (non-hydrogen) atoms. The Hall–Kier alpha value is -2.28. The molecular formula is C25H31Cl2N3O3. The van der Waals surface area contributed by atoms with Crippen LogP contribution in [0.15, 0.2) is 36.4 Å². The Kier molecular flexibility index (Phi) is 9.41. The third kappa shape index (κ3) is 7.10. The summed E-state index contributed by atoms with van der Waals surface area (Å²) in [4.78, 5) is 28.0. The molecule has 1 aliphatic heterocycles. The van der Waals surface area contributed by atoms with E-state index in [-0.39, 0.29) is 11.8 Å². The first kappa shape index (κ1) is 25.3. The van der Waals surface area contributed by atoms with Crippen molar-refractivity contribution in [2.24, 2.45) is 5.92 Å². The number of rotatable bonds is 9. The fourth-order valence-corrected chi connectivity index (χ4v) is 4.08. The third-order valence-corrected chi connectivity index (χ3v) is 6.50. The van der Waals surface area contributed by atoms with Crippen LogP contribution in [0, 0.1) is 5.92 Å². The molecule has 2 aromatic carbocycles. The molecule has 1 heterocycles. The molecule has 178 valence electrons. The van der Waals surface area contributed by atoms with Crippen molar-refractivity contribution in [3.63, 3.8) is 0 Å². The summed E-state index contributed by atoms with van der Waals surface area (Å²) in [6.45, 7) is 7.79. The molecule has 0 bridgehead atoms. The van der Waals surface area contributed by atoms with Crippen LogP contribution in [0.3, 0.4) is 0 Å². The largest absolute Gasteiger partial charge is 0.382 e. The van der Waals surface area contributed by atoms with Gasteiger partial charge < -0.3 is 20.3 Å². The molecule has 1 aliphatic rings. The zero-order chi connectivity index (χ0) is 23.8. The number of piperidine rings is 1. The van der Waals surface area contributed by atoms with Gasteiger partial charge in [-0.15, -0.1) is 0 Å². The molecule has 2 aromatic rings. The maximum atomic E-state index is 13.1. The minimum absolute atomic E-state index is 0.161. The number of carbonyl (C=O) groups is 2. The van der Waals surface area contributed by atoms with Crippen molar-refractivity contribution in [1.29, 1.82) is 0 Å². The Balaban J connectivity index is 1.78. The Morgan fingerprint density at radius 1 is 1.06 bits per heavy atom. The van der Waals surface area contributed by atoms with Gasteiger partial charge >= 0.3 is 0 Å². The zero-order valence-electron chi connectivity index (χ0n) is 19.1. The lowest BCUT2D eigenvalue weighted by atomic mass is 9.97. The summed E-state index contributed by atoms with van der Waals surface area (Å²) in [5, 5.41) is 6.54. The molecule has 0 spiro atoms. The first-order chi connectivity index (χ1) is 15.9. The highest BCUT2D eigenvalue weighted by Crippen LogP contribution is 2.29. The van der Waals surface area contributed by atoms with Gasteiger partial charge in [0.2, 0.25) is 0 Å². The van der Waals surface area contributed by atoms with Crippen LogP contribution in [0.25, 0.3) is 0 Å². The lowest BCUT2D eigenvalue weighted by molar-refractivity contribution is 0.0943. The van der Waals surface area contributed by atoms with Crippen molar-refractivity contribution in [3.8, 4) is 0 Å². The molecule has 0 atom stereocenters. The smallest absolute Gasteiger partial charge is 0.255 e. The average molecular weight is 492 g/mol. The summed E-state index contributed by atoms with van der Waals surface area (Å²) >= 11 is 12.0. The van der Waals surface area contributed by atoms with Gasteiger partial charge in [-0.1, -0.05) is 30.1 Å². The van der Waals surface area contributed by atoms with Crippen molar-refractivity contribution in [2.75, 3.05) is 43.1 Å². The Morgan fingerprint density at radius 2 is 1.82 bits per heavy atom. The molecule has 0 aliphatic carbocycles. The van der Waals surface area contributed by atoms with E-state index in [1.807, 2.05) is 19.1 Å². The molecule has 1 fully saturated rings. The SMILES string of the molecule is CCOCCCNC(=O)c1cc(NC(=O)c2ccc(Cl)c(Cl)c2)ccc1N1CCC(C)CC1. The van der Waals surface area contributed by atoms with Crippen molar-refractivity contribution >= 4 is 46.4 Å². The normalized spacial score (nSPS) is 14.2. The van der Waals surface area contributed by atoms with E-state index in [1.165, 1.54) is 6.07 Å². The molecule has 6 nitrogen and oxygen atoms in total. The van der Waals surface area contributed by atoms with Gasteiger partial charge in [0.15, 0.2) is 0 Å². The quantitative estimate of drug-likeness (QED) is 0.445. The lowest BCUT2D eigenvalue weighted by Crippen LogP contribution is -2.35. The molecule has 2 amide bonds. The minimum atomic E-state index is -0.323. The Bertz CT molecular complexity index is 975. The number of halogens is 2. The third-order valence-electron chi connectivity index (χ3n) is 5.76. The number of amides is 2. The van der Waals surface area contributed by atoms with E-state index in [0.29, 0.717) is 52.5 Å². The molecule has 0 unspecified atom stereocenters. The van der Waals surface area contributed by atoms with Gasteiger partial charge in [0.25, 0.3) is 11.8 Å². The van der Waals surface area contributed by atoms with Crippen LogP contribution in [0.1, 0.15) is 53.8 Å². The van der Waals surface area contributed by atoms with Crippen molar-refractivity contribution in [3.05, 3.63) is 57.6 Å². The van der Waals surface area contributed by atoms with E-state index in [9.17, 15) is 9.59 Å². The van der Waals surface area contributed by atoms with E-state index < -0.39 is 0 Å². The van der Waals surface area contributed by atoms with Gasteiger partial charge in [0.05, 0.1) is 15.6 Å². The number of nitrogens with one attached hydrogen (secondary N) is 2. The van der Waals surface area contributed by atoms with E-state index >= 15 is 0 Å². The van der Waals surface area contributed by atoms with Crippen LogP contribution in [0.4, 0.5) is 11.4 Å². The molecule has 0 aromatic heterocycles. The van der Waals surface area contributed by atoms with Crippen LogP contribution in [0.5, 0.6) is 0 Å². The maximum Gasteiger partial charge on any atom is 0.255 e. The second-order valence-electron chi connectivity index (χ2n) is 8.29. The van der Waals surface area contributed by atoms with Crippen molar-refractivity contribution < 1.29 is 14.3 Å². The summed E-state index contributed by atoms with van der Waals surface area (Å²) < 4.78 is 5.35. The average Bonchev–Trinajstić information content (AvgIpc) is 2.81. The number of benzene rings is 2. The number of ether oxygens (including phenoxy) is 1. The summed E-state index contributed by atoms with van der Waals surface area (Å²) in [5.74, 6) is 0.198. The minimum Gasteiger partial charge on any atom is -0.382 e. The highest BCUT2D eigenvalue weighted by atomic mass is 35.5. The van der Waals surface area contributed by atoms with Gasteiger partial charge in [-0.3, -0.25) is 9.59 Å². The zero-order valence-corrected chi connectivity index (χ0v) is 20.6. The standard InChI is InChI=1S/C25H31Cl2N3O3/c1-3-33-14-4-11-28-25(32)20-16-19(6-8-23(20)30-12-9-17(2)10-13-30)29-24(31)18-5-7-21(26)22(27)15-18/h5-8,15-17H,3-4,9-14H2,1-2H3,(H,28,32)(H,29,31). The van der Waals surface area contributed by atoms with Gasteiger partial charge in [0, 0.05) is 49.8 Å². The van der Waals surface area contributed by atoms with Crippen LogP contribution in [0.2, 0.25) is 10.0 Å². The predicted octanol–water partition coefficient (Wildman–Crippen LogP) is 5.64. The van der Waals surface area contributed by atoms with Gasteiger partial charge in [-0.05, 0) is 68.5 Å². The van der Waals surface area contributed by atoms with Crippen LogP contribution in [-0.2, 0) is 4.74 Å². The summed E-state index contributed by atoms with van der Waals surface area (Å²) in [6, 6.07) is 10.2. The van der Waals surface area contributed by atoms with Gasteiger partial charge in [0.1, 0.15) is 0 Å². The fraction of sp³-hybridized carbons (Fsp3) is 0.440. The second kappa shape index (κ2) is 12.3. The van der Waals surface area contributed by atoms with Crippen molar-refractivity contribution in [2.45, 2.75) is 33.1 Å². The van der Waals surface area contributed by atoms with Crippen LogP contribution in [-0.4, -0.2) is 44.7 Å². The van der Waals surface area contributed by atoms with Crippen molar-refractivity contribution in [1.82, 2.24) is 5.32 Å². The fourth-order valence-electron chi connectivity index (χ4n) is 3.78. The number of nitrogens with zero attached hydrogens (tertiary/aromatic N) is 1. The highest BCUT2D eigenvalue weighted by molar-refractivity contribution is 6.42. The first-order valence-electron chi connectivity index (χ1n) is 11.4. The van der Waals surface area contributed by atoms with Gasteiger partial charge in [-0.2, -0.15) is 0 Å². The summed E-state index contributed by atoms with van der Waals surface area (Å²) in [6.07, 6.45) is 2.92. The molecule has 8 heteroatoms. The Morgan fingerprint density at radius 3 is 2.52 bits per heavy atom.